The largest absolute Gasteiger partial charge is 0.497 e. The summed E-state index contributed by atoms with van der Waals surface area (Å²) in [5, 5.41) is 13.2. The van der Waals surface area contributed by atoms with Crippen molar-refractivity contribution in [3.8, 4) is 23.0 Å². The lowest BCUT2D eigenvalue weighted by atomic mass is 10.2. The Balaban J connectivity index is 1.44. The van der Waals surface area contributed by atoms with Crippen molar-refractivity contribution in [1.82, 2.24) is 24.5 Å². The monoisotopic (exact) mass is 459 g/mol. The first-order valence-electron chi connectivity index (χ1n) is 9.21. The SMILES string of the molecule is COc1cccc(-c2nnc3ccc(OCCNS(=O)(=O)c4ccc(Cl)cc4)nn23)c1. The van der Waals surface area contributed by atoms with Crippen LogP contribution >= 0.6 is 11.6 Å². The summed E-state index contributed by atoms with van der Waals surface area (Å²) >= 11 is 5.80. The molecule has 0 unspecified atom stereocenters. The molecule has 0 amide bonds. The van der Waals surface area contributed by atoms with Crippen molar-refractivity contribution >= 4 is 27.3 Å². The van der Waals surface area contributed by atoms with Crippen LogP contribution in [-0.2, 0) is 10.0 Å². The van der Waals surface area contributed by atoms with Gasteiger partial charge in [0.2, 0.25) is 15.9 Å². The zero-order valence-corrected chi connectivity index (χ0v) is 18.0. The summed E-state index contributed by atoms with van der Waals surface area (Å²) in [5.41, 5.74) is 1.33. The van der Waals surface area contributed by atoms with Gasteiger partial charge in [0.05, 0.1) is 12.0 Å². The molecule has 2 aromatic carbocycles. The lowest BCUT2D eigenvalue weighted by Gasteiger charge is -2.09. The van der Waals surface area contributed by atoms with Crippen LogP contribution in [0, 0.1) is 0 Å². The summed E-state index contributed by atoms with van der Waals surface area (Å²) < 4.78 is 39.5. The van der Waals surface area contributed by atoms with Gasteiger partial charge < -0.3 is 9.47 Å². The van der Waals surface area contributed by atoms with Crippen molar-refractivity contribution in [2.75, 3.05) is 20.3 Å². The molecule has 0 aliphatic rings. The predicted molar refractivity (Wildman–Crippen MR) is 115 cm³/mol. The van der Waals surface area contributed by atoms with Crippen LogP contribution < -0.4 is 14.2 Å². The number of methoxy groups -OCH3 is 1. The van der Waals surface area contributed by atoms with Crippen molar-refractivity contribution in [3.63, 3.8) is 0 Å². The normalized spacial score (nSPS) is 11.5. The Morgan fingerprint density at radius 2 is 1.87 bits per heavy atom. The van der Waals surface area contributed by atoms with E-state index in [1.165, 1.54) is 24.3 Å². The molecule has 4 aromatic rings. The Hall–Kier alpha value is -3.21. The maximum atomic E-state index is 12.3. The number of rotatable bonds is 8. The van der Waals surface area contributed by atoms with Crippen LogP contribution in [0.3, 0.4) is 0 Å². The van der Waals surface area contributed by atoms with Gasteiger partial charge in [-0.25, -0.2) is 13.1 Å². The molecule has 31 heavy (non-hydrogen) atoms. The second-order valence-electron chi connectivity index (χ2n) is 6.40. The van der Waals surface area contributed by atoms with E-state index in [-0.39, 0.29) is 18.0 Å². The molecule has 2 heterocycles. The fraction of sp³-hybridized carbons (Fsp3) is 0.150. The summed E-state index contributed by atoms with van der Waals surface area (Å²) in [7, 11) is -2.06. The molecule has 0 saturated heterocycles. The van der Waals surface area contributed by atoms with E-state index in [0.717, 1.165) is 5.56 Å². The van der Waals surface area contributed by atoms with Crippen molar-refractivity contribution < 1.29 is 17.9 Å². The molecular weight excluding hydrogens is 442 g/mol. The van der Waals surface area contributed by atoms with E-state index in [2.05, 4.69) is 20.0 Å². The zero-order valence-electron chi connectivity index (χ0n) is 16.4. The summed E-state index contributed by atoms with van der Waals surface area (Å²) in [6.45, 7) is 0.150. The Labute approximate surface area is 183 Å². The second kappa shape index (κ2) is 8.88. The summed E-state index contributed by atoms with van der Waals surface area (Å²) in [6.07, 6.45) is 0. The lowest BCUT2D eigenvalue weighted by molar-refractivity contribution is 0.306. The number of nitrogens with zero attached hydrogens (tertiary/aromatic N) is 4. The topological polar surface area (TPSA) is 108 Å². The van der Waals surface area contributed by atoms with Gasteiger partial charge in [-0.05, 0) is 42.5 Å². The minimum Gasteiger partial charge on any atom is -0.497 e. The summed E-state index contributed by atoms with van der Waals surface area (Å²) in [6, 6.07) is 16.7. The van der Waals surface area contributed by atoms with Crippen LogP contribution in [0.2, 0.25) is 5.02 Å². The van der Waals surface area contributed by atoms with Gasteiger partial charge in [-0.2, -0.15) is 4.52 Å². The number of sulfonamides is 1. The van der Waals surface area contributed by atoms with Gasteiger partial charge in [0.15, 0.2) is 11.5 Å². The first-order chi connectivity index (χ1) is 15.0. The Kier molecular flexibility index (Phi) is 6.03. The molecule has 0 bridgehead atoms. The average molecular weight is 460 g/mol. The molecule has 0 saturated carbocycles. The van der Waals surface area contributed by atoms with E-state index in [4.69, 9.17) is 21.1 Å². The van der Waals surface area contributed by atoms with E-state index in [1.54, 1.807) is 23.8 Å². The molecule has 4 rings (SSSR count). The highest BCUT2D eigenvalue weighted by atomic mass is 35.5. The van der Waals surface area contributed by atoms with Crippen LogP contribution in [0.25, 0.3) is 17.0 Å². The van der Waals surface area contributed by atoms with Crippen molar-refractivity contribution in [3.05, 3.63) is 65.7 Å². The van der Waals surface area contributed by atoms with Crippen LogP contribution in [0.1, 0.15) is 0 Å². The Morgan fingerprint density at radius 3 is 2.65 bits per heavy atom. The van der Waals surface area contributed by atoms with Gasteiger partial charge in [0.25, 0.3) is 0 Å². The fourth-order valence-electron chi connectivity index (χ4n) is 2.82. The van der Waals surface area contributed by atoms with Gasteiger partial charge in [-0.1, -0.05) is 23.7 Å². The minimum atomic E-state index is -3.65. The smallest absolute Gasteiger partial charge is 0.240 e. The first kappa shape index (κ1) is 21.0. The quantitative estimate of drug-likeness (QED) is 0.403. The van der Waals surface area contributed by atoms with E-state index < -0.39 is 10.0 Å². The standard InChI is InChI=1S/C20H18ClN5O4S/c1-29-16-4-2-3-14(13-16)20-24-23-18-9-10-19(25-26(18)20)30-12-11-22-31(27,28)17-7-5-15(21)6-8-17/h2-10,13,22H,11-12H2,1H3. The van der Waals surface area contributed by atoms with Crippen LogP contribution in [-0.4, -0.2) is 48.5 Å². The molecule has 0 radical (unpaired) electrons. The number of hydrogen-bond acceptors (Lipinski definition) is 7. The molecule has 160 valence electrons. The van der Waals surface area contributed by atoms with Crippen LogP contribution in [0.5, 0.6) is 11.6 Å². The van der Waals surface area contributed by atoms with Gasteiger partial charge in [-0.3, -0.25) is 0 Å². The molecule has 0 atom stereocenters. The van der Waals surface area contributed by atoms with E-state index in [0.29, 0.717) is 28.1 Å². The first-order valence-corrected chi connectivity index (χ1v) is 11.1. The lowest BCUT2D eigenvalue weighted by Crippen LogP contribution is -2.28. The molecule has 1 N–H and O–H groups in total. The third-order valence-corrected chi connectivity index (χ3v) is 6.06. The van der Waals surface area contributed by atoms with Crippen LogP contribution in [0.4, 0.5) is 0 Å². The molecular formula is C20H18ClN5O4S. The number of ether oxygens (including phenoxy) is 2. The highest BCUT2D eigenvalue weighted by molar-refractivity contribution is 7.89. The van der Waals surface area contributed by atoms with E-state index in [1.807, 2.05) is 24.3 Å². The van der Waals surface area contributed by atoms with Gasteiger partial charge in [0, 0.05) is 23.2 Å². The molecule has 0 aliphatic carbocycles. The summed E-state index contributed by atoms with van der Waals surface area (Å²) in [4.78, 5) is 0.129. The molecule has 0 fully saturated rings. The highest BCUT2D eigenvalue weighted by Crippen LogP contribution is 2.23. The van der Waals surface area contributed by atoms with Gasteiger partial charge in [0.1, 0.15) is 12.4 Å². The third kappa shape index (κ3) is 4.76. The number of halogens is 1. The zero-order chi connectivity index (χ0) is 21.8. The molecule has 9 nitrogen and oxygen atoms in total. The van der Waals surface area contributed by atoms with Crippen LogP contribution in [0.15, 0.2) is 65.6 Å². The second-order valence-corrected chi connectivity index (χ2v) is 8.60. The van der Waals surface area contributed by atoms with E-state index >= 15 is 0 Å². The minimum absolute atomic E-state index is 0.0651. The van der Waals surface area contributed by atoms with Gasteiger partial charge in [-0.15, -0.1) is 15.3 Å². The van der Waals surface area contributed by atoms with Crippen molar-refractivity contribution in [1.29, 1.82) is 0 Å². The molecule has 0 spiro atoms. The maximum Gasteiger partial charge on any atom is 0.240 e. The number of hydrogen-bond donors (Lipinski definition) is 1. The van der Waals surface area contributed by atoms with Crippen molar-refractivity contribution in [2.45, 2.75) is 4.90 Å². The number of fused-ring (bicyclic) bond motifs is 1. The molecule has 2 aromatic heterocycles. The Bertz CT molecular complexity index is 1310. The molecule has 11 heteroatoms. The van der Waals surface area contributed by atoms with E-state index in [9.17, 15) is 8.42 Å². The predicted octanol–water partition coefficient (Wildman–Crippen LogP) is 2.81. The third-order valence-electron chi connectivity index (χ3n) is 4.33. The average Bonchev–Trinajstić information content (AvgIpc) is 3.20. The fourth-order valence-corrected chi connectivity index (χ4v) is 3.96. The summed E-state index contributed by atoms with van der Waals surface area (Å²) in [5.74, 6) is 1.53. The Morgan fingerprint density at radius 1 is 1.06 bits per heavy atom. The van der Waals surface area contributed by atoms with Crippen molar-refractivity contribution in [2.24, 2.45) is 0 Å². The number of benzene rings is 2. The number of aromatic nitrogens is 4. The highest BCUT2D eigenvalue weighted by Gasteiger charge is 2.14. The maximum absolute atomic E-state index is 12.3. The number of nitrogens with one attached hydrogen (secondary N) is 1. The van der Waals surface area contributed by atoms with Gasteiger partial charge >= 0.3 is 0 Å². The molecule has 0 aliphatic heterocycles.